The highest BCUT2D eigenvalue weighted by Crippen LogP contribution is 2.32. The molecule has 0 saturated carbocycles. The van der Waals surface area contributed by atoms with Gasteiger partial charge in [0.05, 0.1) is 18.3 Å². The SMILES string of the molecule is C[C@@H](COC(=O)C(C)(C)C)OC(=O)[C@@H](N)Cc1ccc(OC(=O)CC(C)(C)C)c(OC(=O)CC(C)(C)C)c1. The second-order valence-corrected chi connectivity index (χ2v) is 13.1. The second-order valence-electron chi connectivity index (χ2n) is 13.1. The Morgan fingerprint density at radius 2 is 1.32 bits per heavy atom. The van der Waals surface area contributed by atoms with Gasteiger partial charge in [-0.15, -0.1) is 0 Å². The zero-order valence-electron chi connectivity index (χ0n) is 24.6. The van der Waals surface area contributed by atoms with Crippen molar-refractivity contribution < 1.29 is 38.1 Å². The van der Waals surface area contributed by atoms with E-state index >= 15 is 0 Å². The lowest BCUT2D eigenvalue weighted by molar-refractivity contribution is -0.163. The van der Waals surface area contributed by atoms with E-state index in [2.05, 4.69) is 0 Å². The molecular weight excluding hydrogens is 490 g/mol. The molecule has 0 aliphatic heterocycles. The summed E-state index contributed by atoms with van der Waals surface area (Å²) in [5.74, 6) is -1.83. The molecule has 0 unspecified atom stereocenters. The molecular formula is C29H45NO8. The van der Waals surface area contributed by atoms with E-state index in [0.29, 0.717) is 5.56 Å². The van der Waals surface area contributed by atoms with Gasteiger partial charge in [-0.2, -0.15) is 0 Å². The van der Waals surface area contributed by atoms with Crippen LogP contribution in [0.1, 0.15) is 87.6 Å². The van der Waals surface area contributed by atoms with Gasteiger partial charge in [0.25, 0.3) is 0 Å². The Morgan fingerprint density at radius 1 is 0.816 bits per heavy atom. The molecule has 0 amide bonds. The number of nitrogens with two attached hydrogens (primary N) is 1. The molecule has 0 radical (unpaired) electrons. The van der Waals surface area contributed by atoms with E-state index in [1.807, 2.05) is 41.5 Å². The van der Waals surface area contributed by atoms with Gasteiger partial charge in [-0.25, -0.2) is 0 Å². The van der Waals surface area contributed by atoms with Crippen LogP contribution in [-0.2, 0) is 35.1 Å². The third-order valence-corrected chi connectivity index (χ3v) is 4.94. The molecule has 0 spiro atoms. The third kappa shape index (κ3) is 13.0. The average molecular weight is 536 g/mol. The monoisotopic (exact) mass is 535 g/mol. The smallest absolute Gasteiger partial charge is 0.323 e. The van der Waals surface area contributed by atoms with E-state index in [1.165, 1.54) is 12.1 Å². The molecule has 1 aromatic rings. The van der Waals surface area contributed by atoms with Gasteiger partial charge in [-0.05, 0) is 62.6 Å². The Labute approximate surface area is 226 Å². The number of ether oxygens (including phenoxy) is 4. The fourth-order valence-corrected chi connectivity index (χ4v) is 3.09. The van der Waals surface area contributed by atoms with Crippen molar-refractivity contribution in [1.82, 2.24) is 0 Å². The summed E-state index contributed by atoms with van der Waals surface area (Å²) in [6.07, 6.45) is -0.286. The molecule has 38 heavy (non-hydrogen) atoms. The first-order valence-corrected chi connectivity index (χ1v) is 12.8. The lowest BCUT2D eigenvalue weighted by Crippen LogP contribution is -2.37. The first-order valence-electron chi connectivity index (χ1n) is 12.8. The summed E-state index contributed by atoms with van der Waals surface area (Å²) >= 11 is 0. The largest absolute Gasteiger partial charge is 0.461 e. The number of carbonyl (C=O) groups is 4. The number of hydrogen-bond acceptors (Lipinski definition) is 9. The van der Waals surface area contributed by atoms with Crippen molar-refractivity contribution in [2.75, 3.05) is 6.61 Å². The molecule has 2 N–H and O–H groups in total. The summed E-state index contributed by atoms with van der Waals surface area (Å²) < 4.78 is 21.6. The molecule has 0 aliphatic rings. The van der Waals surface area contributed by atoms with E-state index < -0.39 is 41.4 Å². The van der Waals surface area contributed by atoms with Crippen LogP contribution in [0.15, 0.2) is 18.2 Å². The minimum absolute atomic E-state index is 0.0713. The number of carbonyl (C=O) groups excluding carboxylic acids is 4. The Balaban J connectivity index is 2.97. The maximum Gasteiger partial charge on any atom is 0.323 e. The van der Waals surface area contributed by atoms with Crippen LogP contribution < -0.4 is 15.2 Å². The molecule has 214 valence electrons. The first-order chi connectivity index (χ1) is 17.2. The van der Waals surface area contributed by atoms with E-state index in [4.69, 9.17) is 24.7 Å². The van der Waals surface area contributed by atoms with E-state index in [0.717, 1.165) is 0 Å². The topological polar surface area (TPSA) is 131 Å². The van der Waals surface area contributed by atoms with Crippen molar-refractivity contribution in [3.05, 3.63) is 23.8 Å². The van der Waals surface area contributed by atoms with Crippen LogP contribution in [0, 0.1) is 16.2 Å². The minimum atomic E-state index is -1.02. The van der Waals surface area contributed by atoms with Gasteiger partial charge in [0.15, 0.2) is 11.5 Å². The molecule has 9 nitrogen and oxygen atoms in total. The van der Waals surface area contributed by atoms with Crippen molar-refractivity contribution in [2.24, 2.45) is 22.0 Å². The highest BCUT2D eigenvalue weighted by Gasteiger charge is 2.26. The normalized spacial score (nSPS) is 13.8. The average Bonchev–Trinajstić information content (AvgIpc) is 2.70. The van der Waals surface area contributed by atoms with Crippen LogP contribution in [0.2, 0.25) is 0 Å². The van der Waals surface area contributed by atoms with Crippen LogP contribution in [0.5, 0.6) is 11.5 Å². The molecule has 0 aliphatic carbocycles. The summed E-state index contributed by atoms with van der Waals surface area (Å²) in [5, 5.41) is 0. The van der Waals surface area contributed by atoms with E-state index in [-0.39, 0.29) is 48.2 Å². The molecule has 0 aromatic heterocycles. The Bertz CT molecular complexity index is 995. The second kappa shape index (κ2) is 13.2. The number of esters is 4. The van der Waals surface area contributed by atoms with Crippen molar-refractivity contribution in [1.29, 1.82) is 0 Å². The first kappa shape index (κ1) is 33.1. The molecule has 9 heteroatoms. The standard InChI is InChI=1S/C29H45NO8/c1-18(17-35-26(34)29(8,9)10)36-25(33)20(30)13-19-11-12-21(37-23(31)15-27(2,3)4)22(14-19)38-24(32)16-28(5,6)7/h11-12,14,18,20H,13,15-17,30H2,1-10H3/t18-,20-/m0/s1. The summed E-state index contributed by atoms with van der Waals surface area (Å²) in [7, 11) is 0. The summed E-state index contributed by atoms with van der Waals surface area (Å²) in [5.41, 5.74) is 5.40. The molecule has 0 fully saturated rings. The van der Waals surface area contributed by atoms with Crippen molar-refractivity contribution in [3.63, 3.8) is 0 Å². The van der Waals surface area contributed by atoms with Crippen LogP contribution in [0.3, 0.4) is 0 Å². The van der Waals surface area contributed by atoms with Crippen LogP contribution in [0.25, 0.3) is 0 Å². The van der Waals surface area contributed by atoms with Crippen molar-refractivity contribution >= 4 is 23.9 Å². The van der Waals surface area contributed by atoms with Crippen LogP contribution >= 0.6 is 0 Å². The van der Waals surface area contributed by atoms with Crippen LogP contribution in [0.4, 0.5) is 0 Å². The zero-order valence-corrected chi connectivity index (χ0v) is 24.6. The number of hydrogen-bond donors (Lipinski definition) is 1. The van der Waals surface area contributed by atoms with Gasteiger partial charge in [0.1, 0.15) is 18.8 Å². The predicted molar refractivity (Wildman–Crippen MR) is 144 cm³/mol. The van der Waals surface area contributed by atoms with Crippen molar-refractivity contribution in [3.8, 4) is 11.5 Å². The Kier molecular flexibility index (Phi) is 11.5. The fourth-order valence-electron chi connectivity index (χ4n) is 3.09. The summed E-state index contributed by atoms with van der Waals surface area (Å²) in [4.78, 5) is 49.4. The minimum Gasteiger partial charge on any atom is -0.461 e. The molecule has 1 rings (SSSR count). The summed E-state index contributed by atoms with van der Waals surface area (Å²) in [6, 6.07) is 3.66. The third-order valence-electron chi connectivity index (χ3n) is 4.94. The van der Waals surface area contributed by atoms with Crippen LogP contribution in [-0.4, -0.2) is 42.6 Å². The van der Waals surface area contributed by atoms with Gasteiger partial charge in [-0.3, -0.25) is 19.2 Å². The van der Waals surface area contributed by atoms with Gasteiger partial charge in [-0.1, -0.05) is 47.6 Å². The number of benzene rings is 1. The predicted octanol–water partition coefficient (Wildman–Crippen LogP) is 4.76. The maximum absolute atomic E-state index is 12.5. The molecule has 0 saturated heterocycles. The van der Waals surface area contributed by atoms with Gasteiger partial charge in [0, 0.05) is 0 Å². The quantitative estimate of drug-likeness (QED) is 0.333. The number of rotatable bonds is 10. The highest BCUT2D eigenvalue weighted by atomic mass is 16.6. The summed E-state index contributed by atoms with van der Waals surface area (Å²) in [6.45, 7) is 18.2. The molecule has 0 bridgehead atoms. The fraction of sp³-hybridized carbons (Fsp3) is 0.655. The zero-order chi connectivity index (χ0) is 29.5. The maximum atomic E-state index is 12.5. The lowest BCUT2D eigenvalue weighted by atomic mass is 9.92. The Hall–Kier alpha value is -2.94. The molecule has 2 atom stereocenters. The highest BCUT2D eigenvalue weighted by molar-refractivity contribution is 5.78. The van der Waals surface area contributed by atoms with Gasteiger partial charge in [0.2, 0.25) is 0 Å². The lowest BCUT2D eigenvalue weighted by Gasteiger charge is -2.21. The Morgan fingerprint density at radius 3 is 1.79 bits per heavy atom. The van der Waals surface area contributed by atoms with E-state index in [1.54, 1.807) is 33.8 Å². The molecule has 1 aromatic carbocycles. The van der Waals surface area contributed by atoms with Gasteiger partial charge >= 0.3 is 23.9 Å². The van der Waals surface area contributed by atoms with Crippen molar-refractivity contribution in [2.45, 2.75) is 101 Å². The molecule has 0 heterocycles. The van der Waals surface area contributed by atoms with Gasteiger partial charge < -0.3 is 24.7 Å². The van der Waals surface area contributed by atoms with E-state index in [9.17, 15) is 19.2 Å².